The average Bonchev–Trinajstić information content (AvgIpc) is 3.54. The van der Waals surface area contributed by atoms with Gasteiger partial charge in [-0.15, -0.1) is 11.6 Å². The molecule has 1 N–H and O–H groups in total. The first-order chi connectivity index (χ1) is 26.7. The van der Waals surface area contributed by atoms with Gasteiger partial charge in [0, 0.05) is 62.5 Å². The summed E-state index contributed by atoms with van der Waals surface area (Å²) in [5.41, 5.74) is 3.90. The van der Waals surface area contributed by atoms with Gasteiger partial charge in [-0.1, -0.05) is 48.5 Å². The number of piperazine rings is 1. The number of nitrogens with one attached hydrogen (secondary N) is 1. The zero-order valence-electron chi connectivity index (χ0n) is 31.0. The monoisotopic (exact) mass is 765 g/mol. The predicted octanol–water partition coefficient (Wildman–Crippen LogP) is 6.03. The standard InChI is InChI=1S/C42H44ClN5O7/c1-45-16-18-46(19-17-45)42(52)55-35-22-33-37(30-11-4-3-10-29(30)35)28(23-43)24-48(33)36(49)21-26-8-7-9-27(20-26)25-54-39-34(53-2)14-13-31-38(39)41(51)47-15-6-5-12-32(47)40(50)44-31/h3-4,7-11,13-14,20,22,28,32H,5-6,12,15-19,21,23-25H2,1-2H3,(H,44,50)/t28-,32+/m1/s1. The fraction of sp³-hybridized carbons (Fsp3) is 0.381. The van der Waals surface area contributed by atoms with Crippen LogP contribution < -0.4 is 24.4 Å². The zero-order valence-corrected chi connectivity index (χ0v) is 31.8. The van der Waals surface area contributed by atoms with E-state index in [-0.39, 0.29) is 48.0 Å². The molecule has 2 saturated heterocycles. The molecular weight excluding hydrogens is 722 g/mol. The summed E-state index contributed by atoms with van der Waals surface area (Å²) < 4.78 is 18.0. The number of carbonyl (C=O) groups excluding carboxylic acids is 4. The fourth-order valence-electron chi connectivity index (χ4n) is 8.25. The Bertz CT molecular complexity index is 2170. The maximum atomic E-state index is 14.2. The number of nitrogens with zero attached hydrogens (tertiary/aromatic N) is 4. The number of halogens is 1. The molecule has 0 aromatic heterocycles. The Morgan fingerprint density at radius 2 is 1.67 bits per heavy atom. The Labute approximate surface area is 324 Å². The molecule has 4 amide bonds. The average molecular weight is 766 g/mol. The van der Waals surface area contributed by atoms with Crippen molar-refractivity contribution in [1.82, 2.24) is 14.7 Å². The van der Waals surface area contributed by atoms with E-state index in [1.807, 2.05) is 61.6 Å². The van der Waals surface area contributed by atoms with E-state index in [4.69, 9.17) is 25.8 Å². The second-order valence-corrected chi connectivity index (χ2v) is 15.0. The van der Waals surface area contributed by atoms with Crippen molar-refractivity contribution in [2.24, 2.45) is 0 Å². The zero-order chi connectivity index (χ0) is 38.2. The molecule has 13 heteroatoms. The van der Waals surface area contributed by atoms with Crippen LogP contribution in [0.2, 0.25) is 0 Å². The molecule has 4 aliphatic rings. The van der Waals surface area contributed by atoms with Crippen LogP contribution in [0.5, 0.6) is 17.2 Å². The maximum Gasteiger partial charge on any atom is 0.415 e. The van der Waals surface area contributed by atoms with Crippen LogP contribution in [0.4, 0.5) is 16.2 Å². The van der Waals surface area contributed by atoms with Crippen LogP contribution in [-0.2, 0) is 22.6 Å². The molecule has 8 rings (SSSR count). The highest BCUT2D eigenvalue weighted by Gasteiger charge is 2.40. The SMILES string of the molecule is COc1ccc2c(c1OCc1cccc(CC(=O)N3C[C@@H](CCl)c4c3cc(OC(=O)N3CCN(C)CC3)c3ccccc43)c1)C(=O)N1CCCC[C@H]1C(=O)N2. The van der Waals surface area contributed by atoms with Crippen LogP contribution >= 0.6 is 11.6 Å². The minimum absolute atomic E-state index is 0.0917. The first-order valence-electron chi connectivity index (χ1n) is 18.8. The largest absolute Gasteiger partial charge is 0.493 e. The van der Waals surface area contributed by atoms with E-state index in [2.05, 4.69) is 10.2 Å². The van der Waals surface area contributed by atoms with Crippen molar-refractivity contribution in [1.29, 1.82) is 0 Å². The second kappa shape index (κ2) is 15.4. The quantitative estimate of drug-likeness (QED) is 0.216. The van der Waals surface area contributed by atoms with Crippen molar-refractivity contribution >= 4 is 57.6 Å². The third-order valence-electron chi connectivity index (χ3n) is 11.2. The van der Waals surface area contributed by atoms with Crippen LogP contribution in [-0.4, -0.2) is 104 Å². The van der Waals surface area contributed by atoms with E-state index < -0.39 is 12.1 Å². The Kier molecular flexibility index (Phi) is 10.3. The van der Waals surface area contributed by atoms with E-state index in [0.29, 0.717) is 61.4 Å². The summed E-state index contributed by atoms with van der Waals surface area (Å²) in [4.78, 5) is 61.7. The highest BCUT2D eigenvalue weighted by Crippen LogP contribution is 2.46. The van der Waals surface area contributed by atoms with Crippen molar-refractivity contribution in [3.63, 3.8) is 0 Å². The van der Waals surface area contributed by atoms with Gasteiger partial charge in [-0.3, -0.25) is 14.4 Å². The molecule has 2 fully saturated rings. The third kappa shape index (κ3) is 7.04. The van der Waals surface area contributed by atoms with E-state index in [1.54, 1.807) is 26.8 Å². The predicted molar refractivity (Wildman–Crippen MR) is 210 cm³/mol. The maximum absolute atomic E-state index is 14.2. The Morgan fingerprint density at radius 1 is 0.891 bits per heavy atom. The lowest BCUT2D eigenvalue weighted by atomic mass is 9.95. The molecule has 4 aliphatic heterocycles. The lowest BCUT2D eigenvalue weighted by molar-refractivity contribution is -0.121. The van der Waals surface area contributed by atoms with Gasteiger partial charge in [0.25, 0.3) is 5.91 Å². The summed E-state index contributed by atoms with van der Waals surface area (Å²) in [5, 5.41) is 4.64. The van der Waals surface area contributed by atoms with Crippen molar-refractivity contribution in [2.45, 2.75) is 44.2 Å². The molecule has 4 heterocycles. The Hall–Kier alpha value is -5.33. The molecule has 286 valence electrons. The number of hydrogen-bond acceptors (Lipinski definition) is 8. The van der Waals surface area contributed by atoms with E-state index in [9.17, 15) is 19.2 Å². The second-order valence-electron chi connectivity index (χ2n) is 14.7. The van der Waals surface area contributed by atoms with Gasteiger partial charge in [0.2, 0.25) is 11.8 Å². The number of methoxy groups -OCH3 is 1. The van der Waals surface area contributed by atoms with Gasteiger partial charge < -0.3 is 39.1 Å². The van der Waals surface area contributed by atoms with Crippen LogP contribution in [0.3, 0.4) is 0 Å². The highest BCUT2D eigenvalue weighted by atomic mass is 35.5. The summed E-state index contributed by atoms with van der Waals surface area (Å²) in [7, 11) is 3.54. The van der Waals surface area contributed by atoms with E-state index in [0.717, 1.165) is 53.4 Å². The number of amides is 4. The van der Waals surface area contributed by atoms with E-state index in [1.165, 1.54) is 7.11 Å². The number of anilines is 2. The van der Waals surface area contributed by atoms with Crippen LogP contribution in [0.15, 0.2) is 66.7 Å². The van der Waals surface area contributed by atoms with Crippen LogP contribution in [0.1, 0.15) is 52.2 Å². The number of alkyl halides is 1. The lowest BCUT2D eigenvalue weighted by Crippen LogP contribution is -2.48. The Balaban J connectivity index is 1.03. The number of fused-ring (bicyclic) bond motifs is 5. The van der Waals surface area contributed by atoms with Gasteiger partial charge in [0.1, 0.15) is 24.0 Å². The van der Waals surface area contributed by atoms with Crippen molar-refractivity contribution < 1.29 is 33.4 Å². The normalized spacial score (nSPS) is 19.7. The van der Waals surface area contributed by atoms with Gasteiger partial charge in [0.15, 0.2) is 11.5 Å². The van der Waals surface area contributed by atoms with Gasteiger partial charge in [-0.2, -0.15) is 0 Å². The fourth-order valence-corrected chi connectivity index (χ4v) is 8.50. The topological polar surface area (TPSA) is 121 Å². The number of hydrogen-bond donors (Lipinski definition) is 1. The summed E-state index contributed by atoms with van der Waals surface area (Å²) in [5.74, 6) is 0.689. The minimum Gasteiger partial charge on any atom is -0.493 e. The molecule has 55 heavy (non-hydrogen) atoms. The summed E-state index contributed by atoms with van der Waals surface area (Å²) >= 11 is 6.53. The van der Waals surface area contributed by atoms with E-state index >= 15 is 0 Å². The van der Waals surface area contributed by atoms with Gasteiger partial charge >= 0.3 is 6.09 Å². The minimum atomic E-state index is -0.522. The first-order valence-corrected chi connectivity index (χ1v) is 19.4. The molecule has 0 spiro atoms. The molecule has 0 radical (unpaired) electrons. The number of piperidine rings is 1. The van der Waals surface area contributed by atoms with Gasteiger partial charge in [-0.05, 0) is 60.5 Å². The molecule has 4 aromatic rings. The molecule has 4 aromatic carbocycles. The first kappa shape index (κ1) is 36.6. The van der Waals surface area contributed by atoms with Gasteiger partial charge in [-0.25, -0.2) is 4.79 Å². The number of benzene rings is 4. The summed E-state index contributed by atoms with van der Waals surface area (Å²) in [6, 6.07) is 20.0. The molecule has 0 bridgehead atoms. The third-order valence-corrected chi connectivity index (χ3v) is 11.6. The van der Waals surface area contributed by atoms with Crippen LogP contribution in [0.25, 0.3) is 10.8 Å². The molecule has 0 unspecified atom stereocenters. The number of rotatable bonds is 8. The number of carbonyl (C=O) groups is 4. The smallest absolute Gasteiger partial charge is 0.415 e. The van der Waals surface area contributed by atoms with Crippen LogP contribution in [0, 0.1) is 0 Å². The summed E-state index contributed by atoms with van der Waals surface area (Å²) in [6.45, 7) is 3.70. The Morgan fingerprint density at radius 3 is 2.45 bits per heavy atom. The van der Waals surface area contributed by atoms with Crippen molar-refractivity contribution in [3.8, 4) is 17.2 Å². The molecular formula is C42H44ClN5O7. The molecule has 12 nitrogen and oxygen atoms in total. The number of ether oxygens (including phenoxy) is 3. The summed E-state index contributed by atoms with van der Waals surface area (Å²) in [6.07, 6.45) is 2.02. The van der Waals surface area contributed by atoms with Crippen molar-refractivity contribution in [2.75, 3.05) is 69.5 Å². The molecule has 0 aliphatic carbocycles. The number of likely N-dealkylation sites (N-methyl/N-ethyl adjacent to an activating group) is 1. The van der Waals surface area contributed by atoms with Gasteiger partial charge in [0.05, 0.1) is 24.9 Å². The highest BCUT2D eigenvalue weighted by molar-refractivity contribution is 6.19. The van der Waals surface area contributed by atoms with Crippen molar-refractivity contribution in [3.05, 3.63) is 89.0 Å². The molecule has 0 saturated carbocycles. The lowest BCUT2D eigenvalue weighted by Gasteiger charge is -2.32. The molecule has 2 atom stereocenters.